The zero-order chi connectivity index (χ0) is 15.0. The van der Waals surface area contributed by atoms with E-state index in [0.717, 1.165) is 17.2 Å². The van der Waals surface area contributed by atoms with Gasteiger partial charge in [0.15, 0.2) is 0 Å². The van der Waals surface area contributed by atoms with Crippen LogP contribution in [0.2, 0.25) is 5.02 Å². The highest BCUT2D eigenvalue weighted by atomic mass is 35.5. The fourth-order valence-electron chi connectivity index (χ4n) is 2.46. The third kappa shape index (κ3) is 3.19. The van der Waals surface area contributed by atoms with Gasteiger partial charge in [-0.3, -0.25) is 4.21 Å². The van der Waals surface area contributed by atoms with Crippen LogP contribution in [0.4, 0.5) is 0 Å². The summed E-state index contributed by atoms with van der Waals surface area (Å²) in [6, 6.07) is 8.05. The summed E-state index contributed by atoms with van der Waals surface area (Å²) in [7, 11) is -1.03. The van der Waals surface area contributed by atoms with Crippen molar-refractivity contribution < 1.29 is 4.21 Å². The number of aryl methyl sites for hydroxylation is 1. The standard InChI is InChI=1S/C15H18ClN3OS/c1-10(12-3-5-13(16)6-4-12)21(20)9-15-18-17-11(2)19(15)14-7-8-14/h3-6,10,14H,7-9H2,1-2H3. The molecular formula is C15H18ClN3OS. The Morgan fingerprint density at radius 3 is 2.62 bits per heavy atom. The average Bonchev–Trinajstić information content (AvgIpc) is 3.24. The van der Waals surface area contributed by atoms with Crippen molar-refractivity contribution in [3.63, 3.8) is 0 Å². The van der Waals surface area contributed by atoms with Gasteiger partial charge in [-0.2, -0.15) is 0 Å². The number of nitrogens with zero attached hydrogens (tertiary/aromatic N) is 3. The molecule has 2 aromatic rings. The summed E-state index contributed by atoms with van der Waals surface area (Å²) in [6.07, 6.45) is 2.34. The maximum Gasteiger partial charge on any atom is 0.145 e. The second kappa shape index (κ2) is 5.89. The Balaban J connectivity index is 1.75. The van der Waals surface area contributed by atoms with Gasteiger partial charge in [0.25, 0.3) is 0 Å². The lowest BCUT2D eigenvalue weighted by molar-refractivity contribution is 0.659. The molecule has 0 amide bonds. The molecule has 4 nitrogen and oxygen atoms in total. The Labute approximate surface area is 132 Å². The number of aromatic nitrogens is 3. The first-order valence-corrected chi connectivity index (χ1v) is 8.85. The number of hydrogen-bond acceptors (Lipinski definition) is 3. The summed E-state index contributed by atoms with van der Waals surface area (Å²) >= 11 is 5.89. The van der Waals surface area contributed by atoms with Crippen molar-refractivity contribution >= 4 is 22.4 Å². The lowest BCUT2D eigenvalue weighted by Crippen LogP contribution is -2.10. The third-order valence-electron chi connectivity index (χ3n) is 3.85. The molecule has 0 radical (unpaired) electrons. The molecule has 1 aromatic heterocycles. The van der Waals surface area contributed by atoms with Gasteiger partial charge < -0.3 is 4.57 Å². The smallest absolute Gasteiger partial charge is 0.145 e. The highest BCUT2D eigenvalue weighted by Gasteiger charge is 2.29. The van der Waals surface area contributed by atoms with Gasteiger partial charge in [-0.05, 0) is 44.4 Å². The van der Waals surface area contributed by atoms with Crippen LogP contribution in [0.15, 0.2) is 24.3 Å². The summed E-state index contributed by atoms with van der Waals surface area (Å²) in [4.78, 5) is 0. The van der Waals surface area contributed by atoms with Gasteiger partial charge >= 0.3 is 0 Å². The van der Waals surface area contributed by atoms with Crippen LogP contribution in [0.3, 0.4) is 0 Å². The molecule has 1 aliphatic carbocycles. The van der Waals surface area contributed by atoms with Crippen molar-refractivity contribution in [2.45, 2.75) is 43.7 Å². The zero-order valence-corrected chi connectivity index (χ0v) is 13.7. The first-order chi connectivity index (χ1) is 10.1. The Kier molecular flexibility index (Phi) is 4.13. The lowest BCUT2D eigenvalue weighted by atomic mass is 10.2. The Bertz CT molecular complexity index is 664. The minimum Gasteiger partial charge on any atom is -0.311 e. The molecule has 2 unspecified atom stereocenters. The second-order valence-electron chi connectivity index (χ2n) is 5.48. The zero-order valence-electron chi connectivity index (χ0n) is 12.1. The van der Waals surface area contributed by atoms with E-state index in [1.54, 1.807) is 0 Å². The second-order valence-corrected chi connectivity index (χ2v) is 7.68. The lowest BCUT2D eigenvalue weighted by Gasteiger charge is -2.13. The molecule has 0 spiro atoms. The minimum absolute atomic E-state index is 0.0491. The van der Waals surface area contributed by atoms with Gasteiger partial charge in [0.2, 0.25) is 0 Å². The van der Waals surface area contributed by atoms with Gasteiger partial charge in [-0.15, -0.1) is 10.2 Å². The van der Waals surface area contributed by atoms with Crippen molar-refractivity contribution in [1.82, 2.24) is 14.8 Å². The summed E-state index contributed by atoms with van der Waals surface area (Å²) < 4.78 is 14.7. The first kappa shape index (κ1) is 14.7. The van der Waals surface area contributed by atoms with E-state index in [9.17, 15) is 4.21 Å². The summed E-state index contributed by atoms with van der Waals surface area (Å²) in [5.41, 5.74) is 1.03. The van der Waals surface area contributed by atoms with E-state index < -0.39 is 10.8 Å². The summed E-state index contributed by atoms with van der Waals surface area (Å²) in [5.74, 6) is 2.21. The van der Waals surface area contributed by atoms with Crippen molar-refractivity contribution in [3.05, 3.63) is 46.5 Å². The molecule has 1 aromatic carbocycles. The van der Waals surface area contributed by atoms with Crippen LogP contribution < -0.4 is 0 Å². The van der Waals surface area contributed by atoms with E-state index >= 15 is 0 Å². The van der Waals surface area contributed by atoms with Gasteiger partial charge in [-0.1, -0.05) is 23.7 Å². The molecule has 1 heterocycles. The molecule has 3 rings (SSSR count). The van der Waals surface area contributed by atoms with E-state index in [0.29, 0.717) is 16.8 Å². The SMILES string of the molecule is Cc1nnc(CS(=O)C(C)c2ccc(Cl)cc2)n1C1CC1. The van der Waals surface area contributed by atoms with E-state index in [4.69, 9.17) is 11.6 Å². The summed E-state index contributed by atoms with van der Waals surface area (Å²) in [5, 5.41) is 8.99. The largest absolute Gasteiger partial charge is 0.311 e. The van der Waals surface area contributed by atoms with Gasteiger partial charge in [0.1, 0.15) is 11.6 Å². The normalized spacial score (nSPS) is 17.7. The fourth-order valence-corrected chi connectivity index (χ4v) is 3.75. The molecule has 0 bridgehead atoms. The minimum atomic E-state index is -1.03. The van der Waals surface area contributed by atoms with Crippen LogP contribution in [0.5, 0.6) is 0 Å². The first-order valence-electron chi connectivity index (χ1n) is 7.09. The number of halogens is 1. The Morgan fingerprint density at radius 1 is 1.33 bits per heavy atom. The molecule has 1 aliphatic rings. The van der Waals surface area contributed by atoms with Crippen LogP contribution in [0, 0.1) is 6.92 Å². The van der Waals surface area contributed by atoms with E-state index in [-0.39, 0.29) is 5.25 Å². The fraction of sp³-hybridized carbons (Fsp3) is 0.467. The van der Waals surface area contributed by atoms with E-state index in [2.05, 4.69) is 14.8 Å². The van der Waals surface area contributed by atoms with Crippen molar-refractivity contribution in [2.75, 3.05) is 0 Å². The van der Waals surface area contributed by atoms with Crippen molar-refractivity contribution in [3.8, 4) is 0 Å². The predicted molar refractivity (Wildman–Crippen MR) is 84.7 cm³/mol. The monoisotopic (exact) mass is 323 g/mol. The Morgan fingerprint density at radius 2 is 2.00 bits per heavy atom. The average molecular weight is 324 g/mol. The highest BCUT2D eigenvalue weighted by Crippen LogP contribution is 2.37. The topological polar surface area (TPSA) is 47.8 Å². The van der Waals surface area contributed by atoms with Gasteiger partial charge in [-0.25, -0.2) is 0 Å². The van der Waals surface area contributed by atoms with Crippen LogP contribution >= 0.6 is 11.6 Å². The molecule has 112 valence electrons. The molecule has 6 heteroatoms. The van der Waals surface area contributed by atoms with E-state index in [1.165, 1.54) is 12.8 Å². The molecule has 0 N–H and O–H groups in total. The number of rotatable bonds is 5. The highest BCUT2D eigenvalue weighted by molar-refractivity contribution is 7.84. The maximum atomic E-state index is 12.6. The molecule has 0 saturated heterocycles. The van der Waals surface area contributed by atoms with Crippen LogP contribution in [0.25, 0.3) is 0 Å². The number of benzene rings is 1. The molecule has 1 saturated carbocycles. The molecule has 0 aliphatic heterocycles. The predicted octanol–water partition coefficient (Wildman–Crippen LogP) is 3.58. The van der Waals surface area contributed by atoms with Crippen molar-refractivity contribution in [1.29, 1.82) is 0 Å². The molecule has 21 heavy (non-hydrogen) atoms. The molecular weight excluding hydrogens is 306 g/mol. The molecule has 1 fully saturated rings. The van der Waals surface area contributed by atoms with Gasteiger partial charge in [0, 0.05) is 21.9 Å². The molecule has 2 atom stereocenters. The summed E-state index contributed by atoms with van der Waals surface area (Å²) in [6.45, 7) is 3.93. The Hall–Kier alpha value is -1.20. The number of hydrogen-bond donors (Lipinski definition) is 0. The maximum absolute atomic E-state index is 12.6. The third-order valence-corrected chi connectivity index (χ3v) is 5.71. The van der Waals surface area contributed by atoms with E-state index in [1.807, 2.05) is 38.1 Å². The van der Waals surface area contributed by atoms with Gasteiger partial charge in [0.05, 0.1) is 11.0 Å². The van der Waals surface area contributed by atoms with Crippen molar-refractivity contribution in [2.24, 2.45) is 0 Å². The quantitative estimate of drug-likeness (QED) is 0.845. The van der Waals surface area contributed by atoms with Crippen LogP contribution in [-0.2, 0) is 16.6 Å². The van der Waals surface area contributed by atoms with Crippen LogP contribution in [0.1, 0.15) is 48.3 Å². The van der Waals surface area contributed by atoms with Crippen LogP contribution in [-0.4, -0.2) is 19.0 Å².